The van der Waals surface area contributed by atoms with E-state index in [2.05, 4.69) is 10.4 Å². The van der Waals surface area contributed by atoms with Crippen molar-refractivity contribution in [3.63, 3.8) is 0 Å². The zero-order valence-electron chi connectivity index (χ0n) is 8.59. The van der Waals surface area contributed by atoms with Crippen LogP contribution in [0.1, 0.15) is 6.42 Å². The molecule has 0 spiro atoms. The van der Waals surface area contributed by atoms with Crippen molar-refractivity contribution in [2.75, 3.05) is 5.32 Å². The van der Waals surface area contributed by atoms with E-state index in [-0.39, 0.29) is 18.2 Å². The molecule has 7 heteroatoms. The maximum absolute atomic E-state index is 11.7. The van der Waals surface area contributed by atoms with E-state index in [0.29, 0.717) is 12.4 Å². The number of nitrogens with one attached hydrogen (secondary N) is 1. The van der Waals surface area contributed by atoms with E-state index in [4.69, 9.17) is 11.5 Å². The third-order valence-electron chi connectivity index (χ3n) is 2.64. The van der Waals surface area contributed by atoms with Gasteiger partial charge in [0, 0.05) is 6.07 Å². The average Bonchev–Trinajstić information content (AvgIpc) is 2.65. The normalized spacial score (nSPS) is 21.1. The molecule has 1 aromatic heterocycles. The predicted molar refractivity (Wildman–Crippen MR) is 56.1 cm³/mol. The van der Waals surface area contributed by atoms with Crippen LogP contribution in [0.15, 0.2) is 12.3 Å². The van der Waals surface area contributed by atoms with Gasteiger partial charge >= 0.3 is 0 Å². The molecular weight excluding hydrogens is 210 g/mol. The van der Waals surface area contributed by atoms with Crippen molar-refractivity contribution in [3.8, 4) is 0 Å². The summed E-state index contributed by atoms with van der Waals surface area (Å²) < 4.78 is 1.67. The van der Waals surface area contributed by atoms with Crippen LogP contribution in [-0.4, -0.2) is 27.6 Å². The molecule has 86 valence electrons. The van der Waals surface area contributed by atoms with E-state index in [1.165, 1.54) is 0 Å². The van der Waals surface area contributed by atoms with Gasteiger partial charge in [-0.25, -0.2) is 4.68 Å². The zero-order chi connectivity index (χ0) is 11.7. The Hall–Kier alpha value is -1.89. The Balaban J connectivity index is 2.08. The average molecular weight is 223 g/mol. The number of anilines is 1. The number of amides is 2. The molecule has 0 fully saturated rings. The fourth-order valence-corrected chi connectivity index (χ4v) is 1.71. The number of hydrogen-bond acceptors (Lipinski definition) is 4. The lowest BCUT2D eigenvalue weighted by Crippen LogP contribution is -2.43. The number of hydrogen-bond donors (Lipinski definition) is 3. The predicted octanol–water partition coefficient (Wildman–Crippen LogP) is -1.35. The van der Waals surface area contributed by atoms with Crippen molar-refractivity contribution in [3.05, 3.63) is 12.3 Å². The number of nitrogens with zero attached hydrogens (tertiary/aromatic N) is 2. The molecule has 1 aliphatic rings. The van der Waals surface area contributed by atoms with Gasteiger partial charge in [-0.2, -0.15) is 5.10 Å². The first-order valence-corrected chi connectivity index (χ1v) is 4.95. The molecular formula is C9H13N5O2. The van der Waals surface area contributed by atoms with Crippen LogP contribution in [0.3, 0.4) is 0 Å². The molecule has 5 N–H and O–H groups in total. The molecule has 2 atom stereocenters. The molecule has 2 amide bonds. The van der Waals surface area contributed by atoms with Gasteiger partial charge in [0.25, 0.3) is 0 Å². The van der Waals surface area contributed by atoms with Crippen molar-refractivity contribution < 1.29 is 9.59 Å². The lowest BCUT2D eigenvalue weighted by molar-refractivity contribution is -0.122. The van der Waals surface area contributed by atoms with Crippen LogP contribution in [0, 0.1) is 5.92 Å². The van der Waals surface area contributed by atoms with Gasteiger partial charge < -0.3 is 16.8 Å². The Morgan fingerprint density at radius 3 is 3.19 bits per heavy atom. The van der Waals surface area contributed by atoms with Gasteiger partial charge in [0.1, 0.15) is 5.82 Å². The quantitative estimate of drug-likeness (QED) is 0.587. The highest BCUT2D eigenvalue weighted by molar-refractivity contribution is 5.93. The maximum Gasteiger partial charge on any atom is 0.234 e. The highest BCUT2D eigenvalue weighted by Crippen LogP contribution is 2.20. The van der Waals surface area contributed by atoms with E-state index < -0.39 is 11.9 Å². The molecule has 0 aromatic carbocycles. The Morgan fingerprint density at radius 2 is 2.50 bits per heavy atom. The molecule has 2 rings (SSSR count). The van der Waals surface area contributed by atoms with Crippen molar-refractivity contribution >= 4 is 17.6 Å². The molecule has 0 radical (unpaired) electrons. The number of aromatic nitrogens is 2. The third-order valence-corrected chi connectivity index (χ3v) is 2.64. The minimum Gasteiger partial charge on any atom is -0.368 e. The van der Waals surface area contributed by atoms with Gasteiger partial charge in [-0.1, -0.05) is 0 Å². The number of nitrogens with two attached hydrogens (primary N) is 2. The van der Waals surface area contributed by atoms with E-state index in [1.807, 2.05) is 0 Å². The summed E-state index contributed by atoms with van der Waals surface area (Å²) in [6.07, 6.45) is 1.84. The van der Waals surface area contributed by atoms with Gasteiger partial charge in [-0.15, -0.1) is 0 Å². The van der Waals surface area contributed by atoms with Crippen LogP contribution in [-0.2, 0) is 16.1 Å². The van der Waals surface area contributed by atoms with Gasteiger partial charge in [-0.05, 0) is 6.42 Å². The summed E-state index contributed by atoms with van der Waals surface area (Å²) in [6.45, 7) is 0.426. The first kappa shape index (κ1) is 10.6. The zero-order valence-corrected chi connectivity index (χ0v) is 8.59. The highest BCUT2D eigenvalue weighted by Gasteiger charge is 2.29. The second kappa shape index (κ2) is 3.93. The topological polar surface area (TPSA) is 116 Å². The van der Waals surface area contributed by atoms with E-state index in [0.717, 1.165) is 0 Å². The van der Waals surface area contributed by atoms with Crippen molar-refractivity contribution in [2.24, 2.45) is 17.4 Å². The van der Waals surface area contributed by atoms with Gasteiger partial charge in [0.15, 0.2) is 0 Å². The molecule has 1 aliphatic heterocycles. The number of primary amides is 1. The van der Waals surface area contributed by atoms with Crippen LogP contribution < -0.4 is 16.8 Å². The minimum atomic E-state index is -0.798. The van der Waals surface area contributed by atoms with E-state index >= 15 is 0 Å². The number of fused-ring (bicyclic) bond motifs is 1. The lowest BCUT2D eigenvalue weighted by Gasteiger charge is -2.24. The summed E-state index contributed by atoms with van der Waals surface area (Å²) in [7, 11) is 0. The van der Waals surface area contributed by atoms with Crippen LogP contribution in [0.4, 0.5) is 5.82 Å². The van der Waals surface area contributed by atoms with Gasteiger partial charge in [-0.3, -0.25) is 9.59 Å². The summed E-state index contributed by atoms with van der Waals surface area (Å²) in [6, 6.07) is 0.912. The van der Waals surface area contributed by atoms with Crippen LogP contribution >= 0.6 is 0 Å². The summed E-state index contributed by atoms with van der Waals surface area (Å²) >= 11 is 0. The van der Waals surface area contributed by atoms with Crippen molar-refractivity contribution in [1.29, 1.82) is 0 Å². The number of carbonyl (C=O) groups excluding carboxylic acids is 2. The third kappa shape index (κ3) is 1.89. The lowest BCUT2D eigenvalue weighted by atomic mass is 9.98. The minimum absolute atomic E-state index is 0.148. The summed E-state index contributed by atoms with van der Waals surface area (Å²) in [5.41, 5.74) is 10.6. The monoisotopic (exact) mass is 223 g/mol. The Morgan fingerprint density at radius 1 is 1.75 bits per heavy atom. The molecule has 0 saturated carbocycles. The number of carbonyl (C=O) groups is 2. The molecule has 2 unspecified atom stereocenters. The van der Waals surface area contributed by atoms with E-state index in [9.17, 15) is 9.59 Å². The smallest absolute Gasteiger partial charge is 0.234 e. The number of rotatable bonds is 3. The van der Waals surface area contributed by atoms with Crippen LogP contribution in [0.5, 0.6) is 0 Å². The van der Waals surface area contributed by atoms with Crippen molar-refractivity contribution in [1.82, 2.24) is 9.78 Å². The maximum atomic E-state index is 11.7. The Bertz CT molecular complexity index is 427. The standard InChI is InChI=1S/C9H13N5O2/c10-6(8(11)15)3-5-4-14-7(1-2-12-14)13-9(5)16/h1-2,5-6H,3-4,10H2,(H2,11,15)(H,13,16). The Kier molecular flexibility index (Phi) is 2.61. The highest BCUT2D eigenvalue weighted by atomic mass is 16.2. The fourth-order valence-electron chi connectivity index (χ4n) is 1.71. The molecule has 7 nitrogen and oxygen atoms in total. The summed E-state index contributed by atoms with van der Waals surface area (Å²) in [4.78, 5) is 22.5. The van der Waals surface area contributed by atoms with E-state index in [1.54, 1.807) is 16.9 Å². The second-order valence-corrected chi connectivity index (χ2v) is 3.83. The van der Waals surface area contributed by atoms with Gasteiger partial charge in [0.05, 0.1) is 24.7 Å². The summed E-state index contributed by atoms with van der Waals surface area (Å²) in [5, 5.41) is 6.73. The van der Waals surface area contributed by atoms with Crippen LogP contribution in [0.2, 0.25) is 0 Å². The fraction of sp³-hybridized carbons (Fsp3) is 0.444. The largest absolute Gasteiger partial charge is 0.368 e. The molecule has 0 aliphatic carbocycles. The Labute approximate surface area is 91.8 Å². The molecule has 16 heavy (non-hydrogen) atoms. The molecule has 2 heterocycles. The SMILES string of the molecule is NC(=O)C(N)CC1Cn2nccc2NC1=O. The molecule has 0 bridgehead atoms. The first-order valence-electron chi connectivity index (χ1n) is 4.95. The second-order valence-electron chi connectivity index (χ2n) is 3.83. The molecule has 0 saturated heterocycles. The first-order chi connectivity index (χ1) is 7.58. The van der Waals surface area contributed by atoms with Crippen LogP contribution in [0.25, 0.3) is 0 Å². The van der Waals surface area contributed by atoms with Gasteiger partial charge in [0.2, 0.25) is 11.8 Å². The summed E-state index contributed by atoms with van der Waals surface area (Å²) in [5.74, 6) is -0.451. The molecule has 1 aromatic rings. The van der Waals surface area contributed by atoms with Crippen molar-refractivity contribution in [2.45, 2.75) is 19.0 Å².